The van der Waals surface area contributed by atoms with Crippen LogP contribution < -0.4 is 0 Å². The van der Waals surface area contributed by atoms with Crippen LogP contribution in [0.5, 0.6) is 0 Å². The van der Waals surface area contributed by atoms with Crippen molar-refractivity contribution in [2.45, 2.75) is 115 Å². The molecule has 2 aliphatic heterocycles. The van der Waals surface area contributed by atoms with Crippen molar-refractivity contribution in [1.29, 1.82) is 0 Å². The van der Waals surface area contributed by atoms with Gasteiger partial charge < -0.3 is 28.8 Å². The van der Waals surface area contributed by atoms with E-state index in [9.17, 15) is 9.90 Å². The van der Waals surface area contributed by atoms with Crippen LogP contribution in [0.15, 0.2) is 23.8 Å². The summed E-state index contributed by atoms with van der Waals surface area (Å²) < 4.78 is 28.9. The van der Waals surface area contributed by atoms with Crippen molar-refractivity contribution >= 4 is 5.97 Å². The molecule has 0 radical (unpaired) electrons. The second kappa shape index (κ2) is 15.5. The van der Waals surface area contributed by atoms with E-state index in [-0.39, 0.29) is 30.6 Å². The number of aliphatic hydroxyl groups excluding tert-OH is 1. The number of hydrogen-bond acceptors (Lipinski definition) is 7. The summed E-state index contributed by atoms with van der Waals surface area (Å²) in [5, 5.41) is 10.3. The number of hydrogen-bond donors (Lipinski definition) is 1. The van der Waals surface area contributed by atoms with E-state index >= 15 is 0 Å². The lowest BCUT2D eigenvalue weighted by Gasteiger charge is -2.29. The van der Waals surface area contributed by atoms with Crippen LogP contribution in [0.25, 0.3) is 0 Å². The Bertz CT molecular complexity index is 766. The monoisotopic (exact) mass is 534 g/mol. The van der Waals surface area contributed by atoms with Crippen LogP contribution in [0.4, 0.5) is 0 Å². The van der Waals surface area contributed by atoms with Gasteiger partial charge >= 0.3 is 5.97 Å². The normalized spacial score (nSPS) is 33.2. The third-order valence-corrected chi connectivity index (χ3v) is 8.74. The van der Waals surface area contributed by atoms with Crippen LogP contribution in [-0.2, 0) is 28.5 Å². The molecule has 2 aliphatic carbocycles. The zero-order chi connectivity index (χ0) is 26.7. The van der Waals surface area contributed by atoms with E-state index < -0.39 is 12.0 Å². The highest BCUT2D eigenvalue weighted by atomic mass is 16.7. The van der Waals surface area contributed by atoms with Crippen LogP contribution >= 0.6 is 0 Å². The third kappa shape index (κ3) is 8.37. The van der Waals surface area contributed by atoms with Gasteiger partial charge in [0.2, 0.25) is 0 Å². The first kappa shape index (κ1) is 29.7. The molecule has 2 saturated heterocycles. The van der Waals surface area contributed by atoms with Gasteiger partial charge in [-0.2, -0.15) is 0 Å². The molecule has 8 atom stereocenters. The minimum absolute atomic E-state index is 0.0187. The Labute approximate surface area is 229 Å². The Balaban J connectivity index is 1.25. The van der Waals surface area contributed by atoms with E-state index in [1.165, 1.54) is 32.8 Å². The van der Waals surface area contributed by atoms with E-state index in [1.807, 2.05) is 0 Å². The molecular weight excluding hydrogens is 484 g/mol. The molecule has 38 heavy (non-hydrogen) atoms. The zero-order valence-corrected chi connectivity index (χ0v) is 23.6. The van der Waals surface area contributed by atoms with E-state index in [4.69, 9.17) is 23.7 Å². The fourth-order valence-corrected chi connectivity index (χ4v) is 6.73. The van der Waals surface area contributed by atoms with Gasteiger partial charge in [-0.05, 0) is 89.4 Å². The molecule has 2 heterocycles. The average Bonchev–Trinajstić information content (AvgIpc) is 3.46. The summed E-state index contributed by atoms with van der Waals surface area (Å²) in [7, 11) is 1.39. The predicted molar refractivity (Wildman–Crippen MR) is 145 cm³/mol. The first-order valence-corrected chi connectivity index (χ1v) is 15.2. The van der Waals surface area contributed by atoms with Gasteiger partial charge in [0, 0.05) is 25.7 Å². The topological polar surface area (TPSA) is 83.5 Å². The molecule has 216 valence electrons. The molecular formula is C31H50O7. The third-order valence-electron chi connectivity index (χ3n) is 8.74. The lowest BCUT2D eigenvalue weighted by Crippen LogP contribution is -2.32. The van der Waals surface area contributed by atoms with Crippen molar-refractivity contribution < 1.29 is 33.6 Å². The van der Waals surface area contributed by atoms with Crippen molar-refractivity contribution in [3.63, 3.8) is 0 Å². The minimum atomic E-state index is -0.759. The maximum atomic E-state index is 12.4. The zero-order valence-electron chi connectivity index (χ0n) is 23.6. The molecule has 0 bridgehead atoms. The number of rotatable bonds is 14. The Morgan fingerprint density at radius 2 is 1.82 bits per heavy atom. The number of fused-ring (bicyclic) bond motifs is 1. The van der Waals surface area contributed by atoms with Gasteiger partial charge in [0.15, 0.2) is 12.6 Å². The minimum Gasteiger partial charge on any atom is -0.468 e. The van der Waals surface area contributed by atoms with Crippen molar-refractivity contribution in [3.05, 3.63) is 23.8 Å². The number of esters is 1. The molecule has 0 amide bonds. The van der Waals surface area contributed by atoms with Gasteiger partial charge in [-0.1, -0.05) is 36.6 Å². The highest BCUT2D eigenvalue weighted by Gasteiger charge is 2.47. The van der Waals surface area contributed by atoms with Crippen LogP contribution in [-0.4, -0.2) is 62.8 Å². The number of unbranched alkanes of at least 4 members (excludes halogenated alkanes) is 4. The molecule has 4 aliphatic rings. The molecule has 0 aromatic heterocycles. The first-order chi connectivity index (χ1) is 18.6. The van der Waals surface area contributed by atoms with Gasteiger partial charge in [0.25, 0.3) is 0 Å². The van der Waals surface area contributed by atoms with Gasteiger partial charge in [0.1, 0.15) is 5.92 Å². The highest BCUT2D eigenvalue weighted by Crippen LogP contribution is 2.50. The summed E-state index contributed by atoms with van der Waals surface area (Å²) >= 11 is 0. The quantitative estimate of drug-likeness (QED) is 0.174. The second-order valence-corrected chi connectivity index (χ2v) is 11.6. The van der Waals surface area contributed by atoms with Crippen LogP contribution in [0.3, 0.4) is 0 Å². The molecule has 0 aromatic rings. The molecule has 7 nitrogen and oxygen atoms in total. The van der Waals surface area contributed by atoms with Gasteiger partial charge in [-0.3, -0.25) is 4.79 Å². The molecule has 3 fully saturated rings. The lowest BCUT2D eigenvalue weighted by molar-refractivity contribution is -0.192. The lowest BCUT2D eigenvalue weighted by atomic mass is 9.86. The Morgan fingerprint density at radius 3 is 2.50 bits per heavy atom. The summed E-state index contributed by atoms with van der Waals surface area (Å²) in [4.78, 5) is 12.4. The Hall–Kier alpha value is -1.25. The average molecular weight is 535 g/mol. The Kier molecular flexibility index (Phi) is 12.1. The number of carbonyl (C=O) groups is 1. The van der Waals surface area contributed by atoms with E-state index in [0.29, 0.717) is 11.8 Å². The standard InChI is InChI=1S/C31H50O7/c1-22(32)30(31(33)34-2)24-19-23-21-27(38-29-15-9-12-18-37-29)25(26(23)20-24)13-7-5-3-4-6-10-16-35-28-14-8-11-17-36-28/h7,13,19,22-23,25-30,32H,3-6,8-12,14-18,20-21H2,1-2H3/t22?,23?,25-,26?,27-,28?,29?,30?/m0/s1. The predicted octanol–water partition coefficient (Wildman–Crippen LogP) is 5.70. The molecule has 1 N–H and O–H groups in total. The van der Waals surface area contributed by atoms with E-state index in [1.54, 1.807) is 6.92 Å². The molecule has 4 rings (SSSR count). The highest BCUT2D eigenvalue weighted by molar-refractivity contribution is 5.76. The smallest absolute Gasteiger partial charge is 0.315 e. The maximum absolute atomic E-state index is 12.4. The first-order valence-electron chi connectivity index (χ1n) is 15.2. The number of ether oxygens (including phenoxy) is 5. The maximum Gasteiger partial charge on any atom is 0.315 e. The number of allylic oxidation sites excluding steroid dienone is 2. The summed E-state index contributed by atoms with van der Waals surface area (Å²) in [5.74, 6) is 0.103. The molecule has 6 unspecified atom stereocenters. The summed E-state index contributed by atoms with van der Waals surface area (Å²) in [6, 6.07) is 0. The van der Waals surface area contributed by atoms with Crippen LogP contribution in [0, 0.1) is 23.7 Å². The Morgan fingerprint density at radius 1 is 1.08 bits per heavy atom. The summed E-state index contributed by atoms with van der Waals surface area (Å²) in [6.07, 6.45) is 20.3. The number of carbonyl (C=O) groups excluding carboxylic acids is 1. The largest absolute Gasteiger partial charge is 0.468 e. The van der Waals surface area contributed by atoms with Crippen molar-refractivity contribution in [2.75, 3.05) is 26.9 Å². The molecule has 1 saturated carbocycles. The molecule has 7 heteroatoms. The van der Waals surface area contributed by atoms with Gasteiger partial charge in [-0.15, -0.1) is 0 Å². The van der Waals surface area contributed by atoms with Crippen molar-refractivity contribution in [2.24, 2.45) is 23.7 Å². The van der Waals surface area contributed by atoms with E-state index in [2.05, 4.69) is 18.2 Å². The summed E-state index contributed by atoms with van der Waals surface area (Å²) in [5.41, 5.74) is 1.02. The van der Waals surface area contributed by atoms with Gasteiger partial charge in [0.05, 0.1) is 19.3 Å². The fraction of sp³-hybridized carbons (Fsp3) is 0.839. The van der Waals surface area contributed by atoms with Crippen LogP contribution in [0.2, 0.25) is 0 Å². The second-order valence-electron chi connectivity index (χ2n) is 11.6. The van der Waals surface area contributed by atoms with Crippen molar-refractivity contribution in [1.82, 2.24) is 0 Å². The fourth-order valence-electron chi connectivity index (χ4n) is 6.73. The van der Waals surface area contributed by atoms with E-state index in [0.717, 1.165) is 83.2 Å². The molecule has 0 spiro atoms. The SMILES string of the molecule is COC(=O)C(C1=CC2C[C@H](OC3CCCCO3)[C@@H](C=CCCCCCCOC3CCCCO3)C2C1)C(C)O. The van der Waals surface area contributed by atoms with Crippen LogP contribution in [0.1, 0.15) is 90.4 Å². The summed E-state index contributed by atoms with van der Waals surface area (Å²) in [6.45, 7) is 4.09. The molecule has 0 aromatic carbocycles. The van der Waals surface area contributed by atoms with Gasteiger partial charge in [-0.25, -0.2) is 0 Å². The van der Waals surface area contributed by atoms with Crippen molar-refractivity contribution in [3.8, 4) is 0 Å². The number of methoxy groups -OCH3 is 1. The number of aliphatic hydroxyl groups is 1.